The fourth-order valence-electron chi connectivity index (χ4n) is 3.24. The third kappa shape index (κ3) is 5.10. The molecule has 1 aliphatic heterocycles. The van der Waals surface area contributed by atoms with Gasteiger partial charge in [-0.2, -0.15) is 0 Å². The van der Waals surface area contributed by atoms with Crippen LogP contribution in [0.25, 0.3) is 0 Å². The molecule has 3 rings (SSSR count). The molecule has 2 heterocycles. The van der Waals surface area contributed by atoms with Crippen molar-refractivity contribution in [2.45, 2.75) is 32.5 Å². The van der Waals surface area contributed by atoms with Crippen LogP contribution in [0.4, 0.5) is 0 Å². The molecule has 2 amide bonds. The van der Waals surface area contributed by atoms with Gasteiger partial charge in [0, 0.05) is 32.7 Å². The summed E-state index contributed by atoms with van der Waals surface area (Å²) < 4.78 is 10.3. The number of piperazine rings is 1. The minimum atomic E-state index is -0.493. The van der Waals surface area contributed by atoms with Crippen molar-refractivity contribution in [1.29, 1.82) is 0 Å². The van der Waals surface area contributed by atoms with Crippen molar-refractivity contribution in [2.24, 2.45) is 0 Å². The number of aromatic nitrogens is 1. The van der Waals surface area contributed by atoms with Crippen LogP contribution in [-0.2, 0) is 22.7 Å². The molecule has 1 N–H and O–H groups in total. The van der Waals surface area contributed by atoms with Crippen molar-refractivity contribution in [3.8, 4) is 5.75 Å². The Labute approximate surface area is 164 Å². The zero-order valence-electron chi connectivity index (χ0n) is 16.3. The summed E-state index contributed by atoms with van der Waals surface area (Å²) in [6.45, 7) is 4.80. The normalized spacial score (nSPS) is 17.2. The van der Waals surface area contributed by atoms with E-state index >= 15 is 0 Å². The number of carbonyl (C=O) groups is 2. The average molecular weight is 386 g/mol. The van der Waals surface area contributed by atoms with Gasteiger partial charge in [0.1, 0.15) is 17.7 Å². The highest BCUT2D eigenvalue weighted by Gasteiger charge is 2.32. The van der Waals surface area contributed by atoms with Gasteiger partial charge in [-0.05, 0) is 24.6 Å². The van der Waals surface area contributed by atoms with Crippen LogP contribution in [0, 0.1) is 0 Å². The molecule has 1 atom stereocenters. The average Bonchev–Trinajstić information content (AvgIpc) is 3.19. The summed E-state index contributed by atoms with van der Waals surface area (Å²) >= 11 is 0. The molecule has 1 aromatic carbocycles. The lowest BCUT2D eigenvalue weighted by Crippen LogP contribution is -2.56. The number of hydrogen-bond donors (Lipinski definition) is 1. The second kappa shape index (κ2) is 9.36. The summed E-state index contributed by atoms with van der Waals surface area (Å²) in [6.07, 6.45) is 1.60. The number of hydrogen-bond acceptors (Lipinski definition) is 6. The molecule has 0 aliphatic carbocycles. The van der Waals surface area contributed by atoms with Gasteiger partial charge in [-0.25, -0.2) is 0 Å². The van der Waals surface area contributed by atoms with E-state index in [9.17, 15) is 9.59 Å². The third-order valence-electron chi connectivity index (χ3n) is 4.75. The maximum Gasteiger partial charge on any atom is 0.237 e. The first-order valence-corrected chi connectivity index (χ1v) is 9.43. The van der Waals surface area contributed by atoms with Crippen molar-refractivity contribution >= 4 is 11.8 Å². The maximum absolute atomic E-state index is 12.6. The van der Waals surface area contributed by atoms with E-state index in [1.54, 1.807) is 18.0 Å². The number of nitrogens with zero attached hydrogens (tertiary/aromatic N) is 3. The van der Waals surface area contributed by atoms with Gasteiger partial charge in [-0.1, -0.05) is 17.3 Å². The molecule has 2 aromatic rings. The Balaban J connectivity index is 1.63. The van der Waals surface area contributed by atoms with E-state index < -0.39 is 6.04 Å². The van der Waals surface area contributed by atoms with Crippen LogP contribution in [0.3, 0.4) is 0 Å². The summed E-state index contributed by atoms with van der Waals surface area (Å²) in [4.78, 5) is 28.7. The molecule has 1 unspecified atom stereocenters. The lowest BCUT2D eigenvalue weighted by Gasteiger charge is -2.35. The molecule has 150 valence electrons. The molecule has 1 aromatic heterocycles. The van der Waals surface area contributed by atoms with E-state index in [-0.39, 0.29) is 18.2 Å². The Morgan fingerprint density at radius 2 is 2.14 bits per heavy atom. The van der Waals surface area contributed by atoms with Gasteiger partial charge < -0.3 is 19.5 Å². The molecule has 0 radical (unpaired) electrons. The van der Waals surface area contributed by atoms with E-state index in [1.165, 1.54) is 6.26 Å². The molecule has 28 heavy (non-hydrogen) atoms. The monoisotopic (exact) mass is 386 g/mol. The summed E-state index contributed by atoms with van der Waals surface area (Å²) in [5.41, 5.74) is 1.75. The van der Waals surface area contributed by atoms with Gasteiger partial charge in [-0.15, -0.1) is 0 Å². The van der Waals surface area contributed by atoms with Crippen molar-refractivity contribution in [3.63, 3.8) is 0 Å². The lowest BCUT2D eigenvalue weighted by atomic mass is 10.1. The minimum absolute atomic E-state index is 0.109. The van der Waals surface area contributed by atoms with E-state index in [2.05, 4.69) is 15.4 Å². The van der Waals surface area contributed by atoms with Crippen molar-refractivity contribution in [1.82, 2.24) is 20.3 Å². The number of amides is 2. The Bertz CT molecular complexity index is 776. The van der Waals surface area contributed by atoms with Gasteiger partial charge in [-0.3, -0.25) is 14.5 Å². The summed E-state index contributed by atoms with van der Waals surface area (Å²) in [6, 6.07) is 9.06. The van der Waals surface area contributed by atoms with Crippen LogP contribution in [0.15, 0.2) is 41.1 Å². The Morgan fingerprint density at radius 1 is 1.36 bits per heavy atom. The zero-order chi connectivity index (χ0) is 19.9. The highest BCUT2D eigenvalue weighted by molar-refractivity contribution is 5.88. The molecule has 1 saturated heterocycles. The molecular weight excluding hydrogens is 360 g/mol. The summed E-state index contributed by atoms with van der Waals surface area (Å²) in [7, 11) is 1.70. The smallest absolute Gasteiger partial charge is 0.237 e. The second-order valence-electron chi connectivity index (χ2n) is 6.80. The molecule has 1 aliphatic rings. The van der Waals surface area contributed by atoms with Gasteiger partial charge in [0.2, 0.25) is 11.8 Å². The molecule has 1 fully saturated rings. The predicted molar refractivity (Wildman–Crippen MR) is 102 cm³/mol. The van der Waals surface area contributed by atoms with Crippen LogP contribution in [0.5, 0.6) is 5.75 Å². The molecule has 8 heteroatoms. The standard InChI is InChI=1S/C20H26N4O4/c1-3-27-17-6-4-15(5-7-17)13-24-10-9-21-20(26)18(24)12-19(25)23(2)14-16-8-11-28-22-16/h4-8,11,18H,3,9-10,12-14H2,1-2H3,(H,21,26). The number of ether oxygens (including phenoxy) is 1. The Morgan fingerprint density at radius 3 is 2.82 bits per heavy atom. The zero-order valence-corrected chi connectivity index (χ0v) is 16.3. The van der Waals surface area contributed by atoms with Gasteiger partial charge in [0.05, 0.1) is 25.6 Å². The topological polar surface area (TPSA) is 87.9 Å². The highest BCUT2D eigenvalue weighted by atomic mass is 16.5. The van der Waals surface area contributed by atoms with Crippen molar-refractivity contribution in [3.05, 3.63) is 47.9 Å². The van der Waals surface area contributed by atoms with Crippen molar-refractivity contribution < 1.29 is 18.8 Å². The van der Waals surface area contributed by atoms with Crippen LogP contribution < -0.4 is 10.1 Å². The number of nitrogens with one attached hydrogen (secondary N) is 1. The molecule has 0 saturated carbocycles. The first-order valence-electron chi connectivity index (χ1n) is 9.43. The summed E-state index contributed by atoms with van der Waals surface area (Å²) in [5.74, 6) is 0.603. The van der Waals surface area contributed by atoms with E-state index in [4.69, 9.17) is 9.26 Å². The van der Waals surface area contributed by atoms with Crippen LogP contribution in [0.2, 0.25) is 0 Å². The van der Waals surface area contributed by atoms with E-state index in [0.29, 0.717) is 38.5 Å². The first-order chi connectivity index (χ1) is 13.6. The van der Waals surface area contributed by atoms with Crippen LogP contribution in [0.1, 0.15) is 24.6 Å². The first kappa shape index (κ1) is 19.9. The quantitative estimate of drug-likeness (QED) is 0.738. The largest absolute Gasteiger partial charge is 0.494 e. The fourth-order valence-corrected chi connectivity index (χ4v) is 3.24. The Kier molecular flexibility index (Phi) is 6.65. The van der Waals surface area contributed by atoms with Crippen LogP contribution in [-0.4, -0.2) is 59.6 Å². The van der Waals surface area contributed by atoms with E-state index in [0.717, 1.165) is 11.3 Å². The number of rotatable bonds is 8. The van der Waals surface area contributed by atoms with Crippen LogP contribution >= 0.6 is 0 Å². The highest BCUT2D eigenvalue weighted by Crippen LogP contribution is 2.18. The lowest BCUT2D eigenvalue weighted by molar-refractivity contribution is -0.138. The predicted octanol–water partition coefficient (Wildman–Crippen LogP) is 1.42. The molecule has 8 nitrogen and oxygen atoms in total. The molecular formula is C20H26N4O4. The Hall–Kier alpha value is -2.87. The van der Waals surface area contributed by atoms with Crippen molar-refractivity contribution in [2.75, 3.05) is 26.7 Å². The molecule has 0 bridgehead atoms. The minimum Gasteiger partial charge on any atom is -0.494 e. The number of carbonyl (C=O) groups excluding carboxylic acids is 2. The van der Waals surface area contributed by atoms with Gasteiger partial charge in [0.25, 0.3) is 0 Å². The third-order valence-corrected chi connectivity index (χ3v) is 4.75. The van der Waals surface area contributed by atoms with Gasteiger partial charge >= 0.3 is 0 Å². The molecule has 0 spiro atoms. The second-order valence-corrected chi connectivity index (χ2v) is 6.80. The summed E-state index contributed by atoms with van der Waals surface area (Å²) in [5, 5.41) is 6.69. The SMILES string of the molecule is CCOc1ccc(CN2CCNC(=O)C2CC(=O)N(C)Cc2ccon2)cc1. The maximum atomic E-state index is 12.6. The van der Waals surface area contributed by atoms with E-state index in [1.807, 2.05) is 31.2 Å². The fraction of sp³-hybridized carbons (Fsp3) is 0.450. The van der Waals surface area contributed by atoms with Gasteiger partial charge in [0.15, 0.2) is 0 Å². The number of benzene rings is 1.